The van der Waals surface area contributed by atoms with Gasteiger partial charge in [0, 0.05) is 5.92 Å². The Labute approximate surface area is 94.0 Å². The summed E-state index contributed by atoms with van der Waals surface area (Å²) < 4.78 is 0. The van der Waals surface area contributed by atoms with Crippen LogP contribution in [0.1, 0.15) is 26.7 Å². The number of carboxylic acid groups (broad SMARTS) is 1. The molecule has 0 aromatic rings. The summed E-state index contributed by atoms with van der Waals surface area (Å²) in [6.07, 6.45) is 0.337. The topological polar surface area (TPSA) is 123 Å². The standard InChI is InChI=1S/C10H18N2O4/c1-5(13)7(9(12)6(2)14)3-4-8(11)10(15)16/h7-9H,3-4,11-12H2,1-2H3,(H,15,16)/t7?,8-,9?/m0/s1. The maximum absolute atomic E-state index is 11.3. The first kappa shape index (κ1) is 14.7. The summed E-state index contributed by atoms with van der Waals surface area (Å²) in [5.74, 6) is -2.29. The molecule has 0 aromatic heterocycles. The zero-order valence-electron chi connectivity index (χ0n) is 9.47. The zero-order valence-corrected chi connectivity index (χ0v) is 9.47. The lowest BCUT2D eigenvalue weighted by atomic mass is 9.88. The fourth-order valence-corrected chi connectivity index (χ4v) is 1.40. The minimum atomic E-state index is -1.13. The van der Waals surface area contributed by atoms with Crippen molar-refractivity contribution in [1.29, 1.82) is 0 Å². The third-order valence-electron chi connectivity index (χ3n) is 2.53. The molecule has 0 aliphatic rings. The average Bonchev–Trinajstić information content (AvgIpc) is 2.16. The summed E-state index contributed by atoms with van der Waals surface area (Å²) >= 11 is 0. The number of Topliss-reactive ketones (excluding diaryl/α,β-unsaturated/α-hetero) is 2. The molecule has 0 fully saturated rings. The first-order valence-electron chi connectivity index (χ1n) is 5.02. The molecule has 92 valence electrons. The Morgan fingerprint density at radius 3 is 1.88 bits per heavy atom. The first-order valence-corrected chi connectivity index (χ1v) is 5.02. The predicted molar refractivity (Wildman–Crippen MR) is 57.7 cm³/mol. The Hall–Kier alpha value is -1.27. The lowest BCUT2D eigenvalue weighted by molar-refractivity contribution is -0.139. The Morgan fingerprint density at radius 1 is 1.06 bits per heavy atom. The van der Waals surface area contributed by atoms with Gasteiger partial charge in [0.15, 0.2) is 0 Å². The third-order valence-corrected chi connectivity index (χ3v) is 2.53. The van der Waals surface area contributed by atoms with Gasteiger partial charge in [-0.2, -0.15) is 0 Å². The van der Waals surface area contributed by atoms with Crippen molar-refractivity contribution in [3.05, 3.63) is 0 Å². The highest BCUT2D eigenvalue weighted by Gasteiger charge is 2.27. The van der Waals surface area contributed by atoms with Gasteiger partial charge in [-0.15, -0.1) is 0 Å². The molecule has 0 radical (unpaired) electrons. The average molecular weight is 230 g/mol. The van der Waals surface area contributed by atoms with Crippen molar-refractivity contribution in [2.45, 2.75) is 38.8 Å². The highest BCUT2D eigenvalue weighted by atomic mass is 16.4. The van der Waals surface area contributed by atoms with Crippen molar-refractivity contribution in [2.75, 3.05) is 0 Å². The van der Waals surface area contributed by atoms with E-state index in [1.165, 1.54) is 13.8 Å². The number of carbonyl (C=O) groups excluding carboxylic acids is 2. The molecule has 2 unspecified atom stereocenters. The van der Waals surface area contributed by atoms with Crippen LogP contribution >= 0.6 is 0 Å². The van der Waals surface area contributed by atoms with Crippen molar-refractivity contribution in [3.8, 4) is 0 Å². The molecule has 0 heterocycles. The van der Waals surface area contributed by atoms with Crippen LogP contribution in [-0.2, 0) is 14.4 Å². The predicted octanol–water partition coefficient (Wildman–Crippen LogP) is -0.700. The Balaban J connectivity index is 4.42. The molecule has 0 amide bonds. The van der Waals surface area contributed by atoms with E-state index in [1.807, 2.05) is 0 Å². The highest BCUT2D eigenvalue weighted by Crippen LogP contribution is 2.13. The largest absolute Gasteiger partial charge is 0.480 e. The molecule has 0 spiro atoms. The smallest absolute Gasteiger partial charge is 0.320 e. The van der Waals surface area contributed by atoms with E-state index < -0.39 is 24.0 Å². The molecule has 0 aliphatic heterocycles. The number of carbonyl (C=O) groups is 3. The number of nitrogens with two attached hydrogens (primary N) is 2. The van der Waals surface area contributed by atoms with Crippen LogP contribution in [0.4, 0.5) is 0 Å². The van der Waals surface area contributed by atoms with Crippen LogP contribution in [0, 0.1) is 5.92 Å². The van der Waals surface area contributed by atoms with E-state index in [0.717, 1.165) is 0 Å². The van der Waals surface area contributed by atoms with E-state index in [1.54, 1.807) is 0 Å². The summed E-state index contributed by atoms with van der Waals surface area (Å²) in [4.78, 5) is 32.8. The quantitative estimate of drug-likeness (QED) is 0.531. The SMILES string of the molecule is CC(=O)C(N)C(CC[C@H](N)C(=O)O)C(C)=O. The molecule has 6 nitrogen and oxygen atoms in total. The monoisotopic (exact) mass is 230 g/mol. The second-order valence-electron chi connectivity index (χ2n) is 3.88. The van der Waals surface area contributed by atoms with Crippen LogP contribution < -0.4 is 11.5 Å². The van der Waals surface area contributed by atoms with E-state index >= 15 is 0 Å². The zero-order chi connectivity index (χ0) is 12.9. The van der Waals surface area contributed by atoms with Crippen LogP contribution in [0.15, 0.2) is 0 Å². The molecule has 0 bridgehead atoms. The van der Waals surface area contributed by atoms with Gasteiger partial charge in [0.05, 0.1) is 6.04 Å². The number of rotatable bonds is 7. The number of carboxylic acids is 1. The van der Waals surface area contributed by atoms with Gasteiger partial charge in [-0.1, -0.05) is 0 Å². The van der Waals surface area contributed by atoms with Gasteiger partial charge >= 0.3 is 5.97 Å². The number of hydrogen-bond acceptors (Lipinski definition) is 5. The van der Waals surface area contributed by atoms with Crippen molar-refractivity contribution in [2.24, 2.45) is 17.4 Å². The van der Waals surface area contributed by atoms with Gasteiger partial charge in [-0.3, -0.25) is 14.4 Å². The Bertz CT molecular complexity index is 291. The molecule has 0 saturated heterocycles. The van der Waals surface area contributed by atoms with Crippen molar-refractivity contribution < 1.29 is 19.5 Å². The van der Waals surface area contributed by atoms with Gasteiger partial charge in [-0.05, 0) is 26.7 Å². The summed E-state index contributed by atoms with van der Waals surface area (Å²) in [5, 5.41) is 8.57. The van der Waals surface area contributed by atoms with Gasteiger partial charge < -0.3 is 16.6 Å². The maximum atomic E-state index is 11.3. The van der Waals surface area contributed by atoms with E-state index in [4.69, 9.17) is 16.6 Å². The second-order valence-corrected chi connectivity index (χ2v) is 3.88. The molecule has 6 heteroatoms. The summed E-state index contributed by atoms with van der Waals surface area (Å²) in [5.41, 5.74) is 10.9. The van der Waals surface area contributed by atoms with Gasteiger partial charge in [0.1, 0.15) is 17.6 Å². The second kappa shape index (κ2) is 6.34. The number of ketones is 2. The fourth-order valence-electron chi connectivity index (χ4n) is 1.40. The normalized spacial score (nSPS) is 16.2. The van der Waals surface area contributed by atoms with Gasteiger partial charge in [-0.25, -0.2) is 0 Å². The summed E-state index contributed by atoms with van der Waals surface area (Å²) in [6.45, 7) is 2.64. The highest BCUT2D eigenvalue weighted by molar-refractivity contribution is 5.89. The van der Waals surface area contributed by atoms with E-state index in [9.17, 15) is 14.4 Å². The lowest BCUT2D eigenvalue weighted by Gasteiger charge is -2.19. The molecule has 0 rings (SSSR count). The molecule has 0 aliphatic carbocycles. The maximum Gasteiger partial charge on any atom is 0.320 e. The molecular weight excluding hydrogens is 212 g/mol. The third kappa shape index (κ3) is 4.50. The molecule has 0 saturated carbocycles. The summed E-state index contributed by atoms with van der Waals surface area (Å²) in [7, 11) is 0. The minimum Gasteiger partial charge on any atom is -0.480 e. The molecule has 3 atom stereocenters. The van der Waals surface area contributed by atoms with Crippen molar-refractivity contribution >= 4 is 17.5 Å². The van der Waals surface area contributed by atoms with E-state index in [2.05, 4.69) is 0 Å². The molecule has 5 N–H and O–H groups in total. The molecular formula is C10H18N2O4. The van der Waals surface area contributed by atoms with Crippen LogP contribution in [0.3, 0.4) is 0 Å². The van der Waals surface area contributed by atoms with E-state index in [0.29, 0.717) is 0 Å². The number of aliphatic carboxylic acids is 1. The van der Waals surface area contributed by atoms with Crippen LogP contribution in [0.25, 0.3) is 0 Å². The molecule has 16 heavy (non-hydrogen) atoms. The molecule has 0 aromatic carbocycles. The fraction of sp³-hybridized carbons (Fsp3) is 0.700. The van der Waals surface area contributed by atoms with Crippen LogP contribution in [-0.4, -0.2) is 34.7 Å². The lowest BCUT2D eigenvalue weighted by Crippen LogP contribution is -2.41. The van der Waals surface area contributed by atoms with Crippen molar-refractivity contribution in [3.63, 3.8) is 0 Å². The minimum absolute atomic E-state index is 0.126. The van der Waals surface area contributed by atoms with Crippen LogP contribution in [0.2, 0.25) is 0 Å². The first-order chi connectivity index (χ1) is 7.27. The van der Waals surface area contributed by atoms with Crippen molar-refractivity contribution in [1.82, 2.24) is 0 Å². The van der Waals surface area contributed by atoms with E-state index in [-0.39, 0.29) is 24.4 Å². The Kier molecular flexibility index (Phi) is 5.84. The Morgan fingerprint density at radius 2 is 1.56 bits per heavy atom. The number of hydrogen-bond donors (Lipinski definition) is 3. The van der Waals surface area contributed by atoms with Crippen LogP contribution in [0.5, 0.6) is 0 Å². The van der Waals surface area contributed by atoms with Gasteiger partial charge in [0.25, 0.3) is 0 Å². The van der Waals surface area contributed by atoms with Gasteiger partial charge in [0.2, 0.25) is 0 Å². The summed E-state index contributed by atoms with van der Waals surface area (Å²) in [6, 6.07) is -1.90.